The highest BCUT2D eigenvalue weighted by Gasteiger charge is 2.07. The van der Waals surface area contributed by atoms with Gasteiger partial charge in [0.05, 0.1) is 15.4 Å². The summed E-state index contributed by atoms with van der Waals surface area (Å²) < 4.78 is 2.37. The van der Waals surface area contributed by atoms with Crippen molar-refractivity contribution in [1.29, 1.82) is 0 Å². The number of thiophene rings is 2. The van der Waals surface area contributed by atoms with Crippen LogP contribution < -0.4 is 5.56 Å². The number of hydrogen-bond acceptors (Lipinski definition) is 5. The van der Waals surface area contributed by atoms with Crippen LogP contribution in [-0.4, -0.2) is 15.9 Å². The Balaban J connectivity index is 2.09. The van der Waals surface area contributed by atoms with E-state index in [0.29, 0.717) is 11.2 Å². The Bertz CT molecular complexity index is 831. The van der Waals surface area contributed by atoms with Crippen LogP contribution in [0.5, 0.6) is 0 Å². The normalized spacial score (nSPS) is 11.7. The van der Waals surface area contributed by atoms with E-state index in [0.717, 1.165) is 13.5 Å². The van der Waals surface area contributed by atoms with Gasteiger partial charge in [-0.25, -0.2) is 4.98 Å². The second kappa shape index (κ2) is 4.99. The summed E-state index contributed by atoms with van der Waals surface area (Å²) in [4.78, 5) is 18.4. The van der Waals surface area contributed by atoms with Gasteiger partial charge in [-0.3, -0.25) is 4.79 Å². The Hall–Kier alpha value is -1.31. The van der Waals surface area contributed by atoms with E-state index in [1.807, 2.05) is 17.5 Å². The number of aryl methyl sites for hydroxylation is 1. The molecule has 0 aliphatic heterocycles. The first-order valence-corrected chi connectivity index (χ1v) is 7.90. The lowest BCUT2D eigenvalue weighted by atomic mass is 10.4. The van der Waals surface area contributed by atoms with E-state index >= 15 is 0 Å². The molecular weight excluding hydrogens is 346 g/mol. The molecule has 19 heavy (non-hydrogen) atoms. The number of fused-ring (bicyclic) bond motifs is 1. The first kappa shape index (κ1) is 12.7. The van der Waals surface area contributed by atoms with Crippen LogP contribution in [0.2, 0.25) is 0 Å². The fourth-order valence-electron chi connectivity index (χ4n) is 1.65. The van der Waals surface area contributed by atoms with Crippen molar-refractivity contribution >= 4 is 55.0 Å². The SMILES string of the molecule is Cc1nc2sccc2c(=O)n1/N=C\c1ccc(Br)s1. The van der Waals surface area contributed by atoms with Gasteiger partial charge in [0.25, 0.3) is 5.56 Å². The van der Waals surface area contributed by atoms with Gasteiger partial charge >= 0.3 is 0 Å². The molecule has 0 fully saturated rings. The summed E-state index contributed by atoms with van der Waals surface area (Å²) in [6, 6.07) is 5.67. The lowest BCUT2D eigenvalue weighted by Gasteiger charge is -2.01. The fraction of sp³-hybridized carbons (Fsp3) is 0.0833. The molecule has 0 bridgehead atoms. The highest BCUT2D eigenvalue weighted by Crippen LogP contribution is 2.20. The van der Waals surface area contributed by atoms with Crippen LogP contribution in [0.25, 0.3) is 10.2 Å². The van der Waals surface area contributed by atoms with E-state index in [1.54, 1.807) is 30.5 Å². The summed E-state index contributed by atoms with van der Waals surface area (Å²) in [5, 5.41) is 6.70. The molecule has 3 aromatic heterocycles. The highest BCUT2D eigenvalue weighted by molar-refractivity contribution is 9.11. The molecule has 0 radical (unpaired) electrons. The Morgan fingerprint density at radius 2 is 2.26 bits per heavy atom. The van der Waals surface area contributed by atoms with Gasteiger partial charge in [-0.15, -0.1) is 22.7 Å². The third-order valence-electron chi connectivity index (χ3n) is 2.53. The first-order valence-electron chi connectivity index (χ1n) is 5.42. The molecule has 0 unspecified atom stereocenters. The molecule has 0 saturated carbocycles. The van der Waals surface area contributed by atoms with Crippen LogP contribution in [0.4, 0.5) is 0 Å². The molecule has 0 amide bonds. The number of rotatable bonds is 2. The average molecular weight is 354 g/mol. The molecule has 3 aromatic rings. The molecule has 0 atom stereocenters. The molecule has 4 nitrogen and oxygen atoms in total. The van der Waals surface area contributed by atoms with Gasteiger partial charge in [0.2, 0.25) is 0 Å². The van der Waals surface area contributed by atoms with Crippen LogP contribution in [0.1, 0.15) is 10.7 Å². The van der Waals surface area contributed by atoms with Crippen LogP contribution in [0, 0.1) is 6.92 Å². The van der Waals surface area contributed by atoms with Crippen LogP contribution in [0.3, 0.4) is 0 Å². The zero-order valence-corrected chi connectivity index (χ0v) is 13.1. The lowest BCUT2D eigenvalue weighted by molar-refractivity contribution is 0.772. The topological polar surface area (TPSA) is 47.2 Å². The van der Waals surface area contributed by atoms with Gasteiger partial charge in [-0.2, -0.15) is 9.78 Å². The zero-order valence-electron chi connectivity index (χ0n) is 9.83. The zero-order chi connectivity index (χ0) is 13.4. The van der Waals surface area contributed by atoms with Crippen LogP contribution >= 0.6 is 38.6 Å². The molecule has 0 aliphatic rings. The third kappa shape index (κ3) is 2.41. The van der Waals surface area contributed by atoms with Crippen molar-refractivity contribution in [2.24, 2.45) is 5.10 Å². The smallest absolute Gasteiger partial charge is 0.267 e. The predicted molar refractivity (Wildman–Crippen MR) is 83.6 cm³/mol. The fourth-order valence-corrected chi connectivity index (χ4v) is 3.74. The number of halogens is 1. The van der Waals surface area contributed by atoms with Crippen molar-refractivity contribution in [2.75, 3.05) is 0 Å². The van der Waals surface area contributed by atoms with E-state index in [2.05, 4.69) is 26.0 Å². The Labute approximate surface area is 125 Å². The van der Waals surface area contributed by atoms with Crippen LogP contribution in [0.15, 0.2) is 37.3 Å². The molecule has 0 spiro atoms. The summed E-state index contributed by atoms with van der Waals surface area (Å²) in [5.74, 6) is 0.590. The van der Waals surface area contributed by atoms with Crippen molar-refractivity contribution in [3.05, 3.63) is 48.4 Å². The molecule has 0 aliphatic carbocycles. The summed E-state index contributed by atoms with van der Waals surface area (Å²) in [6.07, 6.45) is 1.67. The predicted octanol–water partition coefficient (Wildman–Crippen LogP) is 3.47. The minimum Gasteiger partial charge on any atom is -0.267 e. The molecule has 3 rings (SSSR count). The van der Waals surface area contributed by atoms with E-state index in [-0.39, 0.29) is 5.56 Å². The molecule has 7 heteroatoms. The van der Waals surface area contributed by atoms with Gasteiger partial charge in [0.15, 0.2) is 0 Å². The average Bonchev–Trinajstić information content (AvgIpc) is 2.98. The molecule has 0 aromatic carbocycles. The summed E-state index contributed by atoms with van der Waals surface area (Å²) >= 11 is 6.41. The van der Waals surface area contributed by atoms with Gasteiger partial charge in [-0.05, 0) is 46.4 Å². The second-order valence-electron chi connectivity index (χ2n) is 3.80. The van der Waals surface area contributed by atoms with Gasteiger partial charge in [0.1, 0.15) is 10.7 Å². The van der Waals surface area contributed by atoms with Crippen molar-refractivity contribution in [2.45, 2.75) is 6.92 Å². The molecular formula is C12H8BrN3OS2. The van der Waals surface area contributed by atoms with E-state index in [9.17, 15) is 4.79 Å². The van der Waals surface area contributed by atoms with Crippen LogP contribution in [-0.2, 0) is 0 Å². The second-order valence-corrected chi connectivity index (χ2v) is 7.19. The Kier molecular flexibility index (Phi) is 3.34. The maximum Gasteiger partial charge on any atom is 0.282 e. The van der Waals surface area contributed by atoms with Crippen molar-refractivity contribution < 1.29 is 0 Å². The van der Waals surface area contributed by atoms with E-state index in [1.165, 1.54) is 16.0 Å². The molecule has 0 saturated heterocycles. The summed E-state index contributed by atoms with van der Waals surface area (Å²) in [6.45, 7) is 1.78. The Morgan fingerprint density at radius 3 is 3.00 bits per heavy atom. The minimum absolute atomic E-state index is 0.129. The van der Waals surface area contributed by atoms with E-state index in [4.69, 9.17) is 0 Å². The first-order chi connectivity index (χ1) is 9.15. The van der Waals surface area contributed by atoms with E-state index < -0.39 is 0 Å². The maximum atomic E-state index is 12.2. The summed E-state index contributed by atoms with van der Waals surface area (Å²) in [5.41, 5.74) is -0.129. The van der Waals surface area contributed by atoms with Crippen molar-refractivity contribution in [3.8, 4) is 0 Å². The molecule has 96 valence electrons. The monoisotopic (exact) mass is 353 g/mol. The number of hydrogen-bond donors (Lipinski definition) is 0. The van der Waals surface area contributed by atoms with Gasteiger partial charge < -0.3 is 0 Å². The largest absolute Gasteiger partial charge is 0.282 e. The lowest BCUT2D eigenvalue weighted by Crippen LogP contribution is -2.19. The quantitative estimate of drug-likeness (QED) is 0.662. The van der Waals surface area contributed by atoms with Gasteiger partial charge in [0, 0.05) is 4.88 Å². The van der Waals surface area contributed by atoms with Crippen molar-refractivity contribution in [1.82, 2.24) is 9.66 Å². The maximum absolute atomic E-state index is 12.2. The Morgan fingerprint density at radius 1 is 1.42 bits per heavy atom. The minimum atomic E-state index is -0.129. The van der Waals surface area contributed by atoms with Crippen molar-refractivity contribution in [3.63, 3.8) is 0 Å². The third-order valence-corrected chi connectivity index (χ3v) is 4.90. The molecule has 3 heterocycles. The summed E-state index contributed by atoms with van der Waals surface area (Å²) in [7, 11) is 0. The highest BCUT2D eigenvalue weighted by atomic mass is 79.9. The molecule has 0 N–H and O–H groups in total. The number of aromatic nitrogens is 2. The number of nitrogens with zero attached hydrogens (tertiary/aromatic N) is 3. The standard InChI is InChI=1S/C12H8BrN3OS2/c1-7-15-11-9(4-5-18-11)12(17)16(7)14-6-8-2-3-10(13)19-8/h2-6H,1H3/b14-6-. The van der Waals surface area contributed by atoms with Gasteiger partial charge in [-0.1, -0.05) is 0 Å².